The van der Waals surface area contributed by atoms with Crippen molar-refractivity contribution in [2.75, 3.05) is 39.0 Å². The largest absolute Gasteiger partial charge is 0.353 e. The normalized spacial score (nSPS) is 23.1. The average molecular weight is 319 g/mol. The molecule has 0 aliphatic carbocycles. The van der Waals surface area contributed by atoms with Gasteiger partial charge in [0.05, 0.1) is 12.9 Å². The maximum Gasteiger partial charge on any atom is 0.221 e. The molecule has 1 N–H and O–H groups in total. The van der Waals surface area contributed by atoms with E-state index in [1.165, 1.54) is 10.6 Å². The maximum atomic E-state index is 11.9. The third-order valence-electron chi connectivity index (χ3n) is 3.95. The van der Waals surface area contributed by atoms with E-state index < -0.39 is 10.0 Å². The zero-order valence-electron chi connectivity index (χ0n) is 12.6. The van der Waals surface area contributed by atoms with Gasteiger partial charge in [-0.05, 0) is 25.7 Å². The van der Waals surface area contributed by atoms with E-state index in [9.17, 15) is 13.2 Å². The van der Waals surface area contributed by atoms with Crippen molar-refractivity contribution in [1.82, 2.24) is 14.7 Å². The van der Waals surface area contributed by atoms with Gasteiger partial charge < -0.3 is 5.32 Å². The molecule has 2 aliphatic rings. The Kier molecular flexibility index (Phi) is 5.98. The molecule has 0 atom stereocenters. The molecule has 0 saturated carbocycles. The van der Waals surface area contributed by atoms with E-state index in [0.717, 1.165) is 26.0 Å². The zero-order chi connectivity index (χ0) is 15.3. The molecule has 1 amide bonds. The number of hydrogen-bond donors (Lipinski definition) is 1. The van der Waals surface area contributed by atoms with Gasteiger partial charge in [-0.1, -0.05) is 0 Å². The number of amides is 1. The van der Waals surface area contributed by atoms with Crippen molar-refractivity contribution in [3.63, 3.8) is 0 Å². The summed E-state index contributed by atoms with van der Waals surface area (Å²) in [6.45, 7) is 3.22. The van der Waals surface area contributed by atoms with Crippen LogP contribution >= 0.6 is 0 Å². The first-order chi connectivity index (χ1) is 9.95. The molecular formula is C13H25N3O4S. The number of carbonyl (C=O) groups is 1. The van der Waals surface area contributed by atoms with Crippen LogP contribution in [-0.2, 0) is 19.7 Å². The highest BCUT2D eigenvalue weighted by Gasteiger charge is 2.25. The minimum Gasteiger partial charge on any atom is -0.353 e. The summed E-state index contributed by atoms with van der Waals surface area (Å²) in [7, 11) is -3.11. The fraction of sp³-hybridized carbons (Fsp3) is 0.923. The van der Waals surface area contributed by atoms with Crippen molar-refractivity contribution in [1.29, 1.82) is 0 Å². The van der Waals surface area contributed by atoms with Crippen LogP contribution in [0.3, 0.4) is 0 Å². The topological polar surface area (TPSA) is 79.0 Å². The van der Waals surface area contributed by atoms with Crippen LogP contribution in [0.1, 0.15) is 32.1 Å². The molecule has 2 aliphatic heterocycles. The Hall–Kier alpha value is -0.700. The van der Waals surface area contributed by atoms with E-state index in [1.807, 2.05) is 5.06 Å². The summed E-state index contributed by atoms with van der Waals surface area (Å²) >= 11 is 0. The number of hydrogen-bond acceptors (Lipinski definition) is 5. The van der Waals surface area contributed by atoms with Crippen LogP contribution in [0, 0.1) is 0 Å². The number of nitrogens with one attached hydrogen (secondary N) is 1. The molecule has 122 valence electrons. The third-order valence-corrected chi connectivity index (χ3v) is 5.26. The molecule has 0 aromatic carbocycles. The van der Waals surface area contributed by atoms with E-state index >= 15 is 0 Å². The number of sulfonamides is 1. The smallest absolute Gasteiger partial charge is 0.221 e. The molecule has 0 aromatic heterocycles. The van der Waals surface area contributed by atoms with Crippen LogP contribution < -0.4 is 5.32 Å². The first-order valence-electron chi connectivity index (χ1n) is 7.57. The van der Waals surface area contributed by atoms with Crippen LogP contribution in [0.15, 0.2) is 0 Å². The monoisotopic (exact) mass is 319 g/mol. The molecular weight excluding hydrogens is 294 g/mol. The van der Waals surface area contributed by atoms with Crippen molar-refractivity contribution in [3.8, 4) is 0 Å². The zero-order valence-corrected chi connectivity index (χ0v) is 13.4. The number of hydroxylamine groups is 2. The number of nitrogens with zero attached hydrogens (tertiary/aromatic N) is 2. The van der Waals surface area contributed by atoms with Crippen LogP contribution in [0.25, 0.3) is 0 Å². The summed E-state index contributed by atoms with van der Waals surface area (Å²) in [4.78, 5) is 17.4. The van der Waals surface area contributed by atoms with Gasteiger partial charge in [-0.2, -0.15) is 5.06 Å². The standard InChI is InChI=1S/C13H25N3O4S/c1-21(18,19)16-9-4-12(5-10-16)14-13(17)6-8-15-7-2-3-11-20-15/h12H,2-11H2,1H3,(H,14,17). The molecule has 0 radical (unpaired) electrons. The Labute approximate surface area is 126 Å². The van der Waals surface area contributed by atoms with Crippen LogP contribution in [-0.4, -0.2) is 68.8 Å². The number of rotatable bonds is 5. The minimum atomic E-state index is -3.11. The Balaban J connectivity index is 1.65. The van der Waals surface area contributed by atoms with Gasteiger partial charge in [-0.25, -0.2) is 12.7 Å². The fourth-order valence-electron chi connectivity index (χ4n) is 2.68. The summed E-state index contributed by atoms with van der Waals surface area (Å²) < 4.78 is 24.3. The SMILES string of the molecule is CS(=O)(=O)N1CCC(NC(=O)CCN2CCCCO2)CC1. The van der Waals surface area contributed by atoms with E-state index in [-0.39, 0.29) is 11.9 Å². The molecule has 0 spiro atoms. The third kappa shape index (κ3) is 5.54. The summed E-state index contributed by atoms with van der Waals surface area (Å²) in [5.41, 5.74) is 0. The second-order valence-electron chi connectivity index (χ2n) is 5.72. The summed E-state index contributed by atoms with van der Waals surface area (Å²) in [5.74, 6) is 0.0157. The van der Waals surface area contributed by atoms with Gasteiger partial charge >= 0.3 is 0 Å². The lowest BCUT2D eigenvalue weighted by Crippen LogP contribution is -2.46. The van der Waals surface area contributed by atoms with Crippen molar-refractivity contribution in [2.45, 2.75) is 38.1 Å². The molecule has 2 rings (SSSR count). The van der Waals surface area contributed by atoms with Crippen molar-refractivity contribution in [2.24, 2.45) is 0 Å². The van der Waals surface area contributed by atoms with Gasteiger partial charge in [0.15, 0.2) is 0 Å². The Morgan fingerprint density at radius 3 is 2.52 bits per heavy atom. The van der Waals surface area contributed by atoms with Gasteiger partial charge in [-0.3, -0.25) is 9.63 Å². The predicted octanol–water partition coefficient (Wildman–Crippen LogP) is -0.0559. The first kappa shape index (κ1) is 16.7. The van der Waals surface area contributed by atoms with Gasteiger partial charge in [0.2, 0.25) is 15.9 Å². The predicted molar refractivity (Wildman–Crippen MR) is 79.0 cm³/mol. The lowest BCUT2D eigenvalue weighted by atomic mass is 10.1. The Bertz CT molecular complexity index is 440. The quantitative estimate of drug-likeness (QED) is 0.768. The van der Waals surface area contributed by atoms with Crippen molar-refractivity contribution < 1.29 is 18.0 Å². The summed E-state index contributed by atoms with van der Waals surface area (Å²) in [5, 5.41) is 4.84. The second kappa shape index (κ2) is 7.53. The van der Waals surface area contributed by atoms with E-state index in [0.29, 0.717) is 38.9 Å². The highest BCUT2D eigenvalue weighted by atomic mass is 32.2. The fourth-order valence-corrected chi connectivity index (χ4v) is 3.56. The second-order valence-corrected chi connectivity index (χ2v) is 7.71. The van der Waals surface area contributed by atoms with Gasteiger partial charge in [-0.15, -0.1) is 0 Å². The van der Waals surface area contributed by atoms with E-state index in [1.54, 1.807) is 0 Å². The Morgan fingerprint density at radius 1 is 1.24 bits per heavy atom. The Morgan fingerprint density at radius 2 is 1.95 bits per heavy atom. The van der Waals surface area contributed by atoms with Gasteiger partial charge in [0, 0.05) is 38.6 Å². The highest BCUT2D eigenvalue weighted by molar-refractivity contribution is 7.88. The van der Waals surface area contributed by atoms with Gasteiger partial charge in [0.1, 0.15) is 0 Å². The van der Waals surface area contributed by atoms with Crippen LogP contribution in [0.2, 0.25) is 0 Å². The van der Waals surface area contributed by atoms with E-state index in [4.69, 9.17) is 4.84 Å². The number of carbonyl (C=O) groups excluding carboxylic acids is 1. The molecule has 2 heterocycles. The molecule has 2 fully saturated rings. The molecule has 2 saturated heterocycles. The molecule has 8 heteroatoms. The highest BCUT2D eigenvalue weighted by Crippen LogP contribution is 2.13. The molecule has 0 bridgehead atoms. The molecule has 0 aromatic rings. The lowest BCUT2D eigenvalue weighted by molar-refractivity contribution is -0.181. The van der Waals surface area contributed by atoms with Crippen LogP contribution in [0.4, 0.5) is 0 Å². The number of piperidine rings is 1. The summed E-state index contributed by atoms with van der Waals surface area (Å²) in [6, 6.07) is 0.0813. The lowest BCUT2D eigenvalue weighted by Gasteiger charge is -2.31. The van der Waals surface area contributed by atoms with Gasteiger partial charge in [0.25, 0.3) is 0 Å². The maximum absolute atomic E-state index is 11.9. The summed E-state index contributed by atoms with van der Waals surface area (Å²) in [6.07, 6.45) is 5.21. The van der Waals surface area contributed by atoms with Crippen LogP contribution in [0.5, 0.6) is 0 Å². The molecule has 21 heavy (non-hydrogen) atoms. The average Bonchev–Trinajstić information content (AvgIpc) is 2.46. The van der Waals surface area contributed by atoms with E-state index in [2.05, 4.69) is 5.32 Å². The minimum absolute atomic E-state index is 0.0157. The van der Waals surface area contributed by atoms with Crippen molar-refractivity contribution in [3.05, 3.63) is 0 Å². The molecule has 0 unspecified atom stereocenters. The molecule has 7 nitrogen and oxygen atoms in total. The first-order valence-corrected chi connectivity index (χ1v) is 9.42. The van der Waals surface area contributed by atoms with Crippen molar-refractivity contribution >= 4 is 15.9 Å².